The van der Waals surface area contributed by atoms with Crippen LogP contribution in [0.2, 0.25) is 0 Å². The van der Waals surface area contributed by atoms with Crippen molar-refractivity contribution in [1.29, 1.82) is 0 Å². The number of carboxylic acid groups (broad SMARTS) is 1. The molecule has 2 aromatic heterocycles. The van der Waals surface area contributed by atoms with Crippen molar-refractivity contribution in [3.63, 3.8) is 0 Å². The molecule has 6 nitrogen and oxygen atoms in total. The molecule has 0 aliphatic rings. The van der Waals surface area contributed by atoms with Crippen molar-refractivity contribution in [3.05, 3.63) is 33.9 Å². The SMILES string of the molecule is CC(C)Cn1c(C(=O)O)cc(=O)n2nc(C(C)C)cc12. The first-order valence-electron chi connectivity index (χ1n) is 6.68. The summed E-state index contributed by atoms with van der Waals surface area (Å²) in [6, 6.07) is 2.93. The summed E-state index contributed by atoms with van der Waals surface area (Å²) in [6.07, 6.45) is 0. The van der Waals surface area contributed by atoms with Crippen LogP contribution in [-0.2, 0) is 6.54 Å². The Morgan fingerprint density at radius 3 is 2.45 bits per heavy atom. The molecule has 2 heterocycles. The zero-order valence-corrected chi connectivity index (χ0v) is 12.1. The van der Waals surface area contributed by atoms with Crippen LogP contribution in [0.3, 0.4) is 0 Å². The van der Waals surface area contributed by atoms with Crippen molar-refractivity contribution >= 4 is 11.6 Å². The Morgan fingerprint density at radius 1 is 1.30 bits per heavy atom. The van der Waals surface area contributed by atoms with Gasteiger partial charge in [0.2, 0.25) is 0 Å². The second kappa shape index (κ2) is 5.11. The van der Waals surface area contributed by atoms with E-state index in [1.807, 2.05) is 27.7 Å². The Labute approximate surface area is 116 Å². The minimum atomic E-state index is -1.10. The van der Waals surface area contributed by atoms with Gasteiger partial charge in [0.25, 0.3) is 5.56 Å². The van der Waals surface area contributed by atoms with Crippen molar-refractivity contribution in [2.45, 2.75) is 40.2 Å². The van der Waals surface area contributed by atoms with Gasteiger partial charge in [-0.2, -0.15) is 9.61 Å². The number of nitrogens with zero attached hydrogens (tertiary/aromatic N) is 3. The minimum Gasteiger partial charge on any atom is -0.477 e. The summed E-state index contributed by atoms with van der Waals surface area (Å²) in [5.41, 5.74) is 0.908. The highest BCUT2D eigenvalue weighted by atomic mass is 16.4. The molecule has 0 radical (unpaired) electrons. The van der Waals surface area contributed by atoms with E-state index < -0.39 is 11.5 Å². The van der Waals surface area contributed by atoms with Gasteiger partial charge in [-0.05, 0) is 11.8 Å². The van der Waals surface area contributed by atoms with Gasteiger partial charge >= 0.3 is 5.97 Å². The Morgan fingerprint density at radius 2 is 1.95 bits per heavy atom. The average molecular weight is 277 g/mol. The number of rotatable bonds is 4. The molecule has 2 aromatic rings. The summed E-state index contributed by atoms with van der Waals surface area (Å²) in [7, 11) is 0. The second-order valence-corrected chi connectivity index (χ2v) is 5.67. The zero-order chi connectivity index (χ0) is 15.0. The van der Waals surface area contributed by atoms with Crippen LogP contribution in [0.25, 0.3) is 5.65 Å². The van der Waals surface area contributed by atoms with Crippen LogP contribution < -0.4 is 5.56 Å². The van der Waals surface area contributed by atoms with Gasteiger partial charge in [0.1, 0.15) is 11.3 Å². The van der Waals surface area contributed by atoms with E-state index in [4.69, 9.17) is 0 Å². The topological polar surface area (TPSA) is 76.6 Å². The summed E-state index contributed by atoms with van der Waals surface area (Å²) in [5, 5.41) is 13.6. The summed E-state index contributed by atoms with van der Waals surface area (Å²) in [5.74, 6) is -0.663. The molecule has 0 aromatic carbocycles. The molecule has 0 bridgehead atoms. The zero-order valence-electron chi connectivity index (χ0n) is 12.1. The fraction of sp³-hybridized carbons (Fsp3) is 0.500. The number of fused-ring (bicyclic) bond motifs is 1. The normalized spacial score (nSPS) is 11.7. The molecule has 0 fully saturated rings. The van der Waals surface area contributed by atoms with Crippen LogP contribution >= 0.6 is 0 Å². The lowest BCUT2D eigenvalue weighted by Crippen LogP contribution is -2.24. The molecular formula is C14H19N3O3. The molecule has 0 aliphatic carbocycles. The van der Waals surface area contributed by atoms with E-state index >= 15 is 0 Å². The van der Waals surface area contributed by atoms with E-state index in [1.165, 1.54) is 4.52 Å². The van der Waals surface area contributed by atoms with Crippen LogP contribution in [0, 0.1) is 5.92 Å². The Kier molecular flexibility index (Phi) is 3.65. The summed E-state index contributed by atoms with van der Waals surface area (Å²) in [4.78, 5) is 23.4. The Hall–Kier alpha value is -2.11. The van der Waals surface area contributed by atoms with E-state index in [0.29, 0.717) is 12.2 Å². The van der Waals surface area contributed by atoms with Crippen molar-refractivity contribution in [2.75, 3.05) is 0 Å². The molecular weight excluding hydrogens is 258 g/mol. The lowest BCUT2D eigenvalue weighted by atomic mass is 10.1. The standard InChI is InChI=1S/C14H19N3O3/c1-8(2)7-16-11(14(19)20)6-13(18)17-12(16)5-10(15-17)9(3)4/h5-6,8-9H,7H2,1-4H3,(H,19,20). The van der Waals surface area contributed by atoms with Crippen molar-refractivity contribution in [1.82, 2.24) is 14.2 Å². The van der Waals surface area contributed by atoms with Gasteiger partial charge in [-0.15, -0.1) is 0 Å². The van der Waals surface area contributed by atoms with Crippen molar-refractivity contribution in [2.24, 2.45) is 5.92 Å². The maximum absolute atomic E-state index is 12.0. The highest BCUT2D eigenvalue weighted by Crippen LogP contribution is 2.16. The van der Waals surface area contributed by atoms with Crippen LogP contribution in [0.15, 0.2) is 16.9 Å². The van der Waals surface area contributed by atoms with Gasteiger partial charge in [-0.25, -0.2) is 4.79 Å². The van der Waals surface area contributed by atoms with Gasteiger partial charge in [0.05, 0.1) is 5.69 Å². The number of hydrogen-bond donors (Lipinski definition) is 1. The number of hydrogen-bond acceptors (Lipinski definition) is 3. The third-order valence-corrected chi connectivity index (χ3v) is 3.10. The fourth-order valence-corrected chi connectivity index (χ4v) is 2.14. The maximum atomic E-state index is 12.0. The van der Waals surface area contributed by atoms with E-state index in [2.05, 4.69) is 5.10 Å². The van der Waals surface area contributed by atoms with Crippen molar-refractivity contribution < 1.29 is 9.90 Å². The second-order valence-electron chi connectivity index (χ2n) is 5.67. The lowest BCUT2D eigenvalue weighted by molar-refractivity contribution is 0.0683. The maximum Gasteiger partial charge on any atom is 0.352 e. The van der Waals surface area contributed by atoms with Gasteiger partial charge < -0.3 is 9.67 Å². The monoisotopic (exact) mass is 277 g/mol. The van der Waals surface area contributed by atoms with Gasteiger partial charge in [0, 0.05) is 18.7 Å². The third-order valence-electron chi connectivity index (χ3n) is 3.10. The first kappa shape index (κ1) is 14.3. The molecule has 6 heteroatoms. The van der Waals surface area contributed by atoms with E-state index in [1.54, 1.807) is 10.6 Å². The number of carbonyl (C=O) groups is 1. The molecule has 20 heavy (non-hydrogen) atoms. The summed E-state index contributed by atoms with van der Waals surface area (Å²) >= 11 is 0. The molecule has 0 aliphatic heterocycles. The first-order chi connectivity index (χ1) is 9.31. The molecule has 0 saturated carbocycles. The molecule has 0 unspecified atom stereocenters. The van der Waals surface area contributed by atoms with Gasteiger partial charge in [-0.1, -0.05) is 27.7 Å². The molecule has 0 atom stereocenters. The highest BCUT2D eigenvalue weighted by Gasteiger charge is 2.18. The fourth-order valence-electron chi connectivity index (χ4n) is 2.14. The molecule has 2 rings (SSSR count). The molecule has 0 saturated heterocycles. The smallest absolute Gasteiger partial charge is 0.352 e. The van der Waals surface area contributed by atoms with Crippen molar-refractivity contribution in [3.8, 4) is 0 Å². The quantitative estimate of drug-likeness (QED) is 0.927. The summed E-state index contributed by atoms with van der Waals surface area (Å²) < 4.78 is 2.93. The predicted molar refractivity (Wildman–Crippen MR) is 75.3 cm³/mol. The molecule has 0 amide bonds. The van der Waals surface area contributed by atoms with E-state index in [0.717, 1.165) is 11.8 Å². The summed E-state index contributed by atoms with van der Waals surface area (Å²) in [6.45, 7) is 8.49. The van der Waals surface area contributed by atoms with Crippen LogP contribution in [-0.4, -0.2) is 25.3 Å². The number of carboxylic acids is 1. The Bertz CT molecular complexity index is 710. The predicted octanol–water partition coefficient (Wildman–Crippen LogP) is 1.97. The molecule has 1 N–H and O–H groups in total. The Balaban J connectivity index is 2.81. The largest absolute Gasteiger partial charge is 0.477 e. The highest BCUT2D eigenvalue weighted by molar-refractivity contribution is 5.86. The number of aromatic carboxylic acids is 1. The van der Waals surface area contributed by atoms with Gasteiger partial charge in [0.15, 0.2) is 0 Å². The average Bonchev–Trinajstić information content (AvgIpc) is 2.77. The van der Waals surface area contributed by atoms with Crippen LogP contribution in [0.4, 0.5) is 0 Å². The van der Waals surface area contributed by atoms with Gasteiger partial charge in [-0.3, -0.25) is 4.79 Å². The van der Waals surface area contributed by atoms with E-state index in [9.17, 15) is 14.7 Å². The molecule has 0 spiro atoms. The van der Waals surface area contributed by atoms with Crippen LogP contribution in [0.1, 0.15) is 49.8 Å². The van der Waals surface area contributed by atoms with Crippen LogP contribution in [0.5, 0.6) is 0 Å². The molecule has 108 valence electrons. The minimum absolute atomic E-state index is 0.00593. The lowest BCUT2D eigenvalue weighted by Gasteiger charge is -2.14. The third kappa shape index (κ3) is 2.45. The van der Waals surface area contributed by atoms with E-state index in [-0.39, 0.29) is 17.5 Å². The number of aromatic nitrogens is 3. The first-order valence-corrected chi connectivity index (χ1v) is 6.68.